The molecule has 0 radical (unpaired) electrons. The van der Waals surface area contributed by atoms with Crippen molar-refractivity contribution in [2.24, 2.45) is 0 Å². The lowest BCUT2D eigenvalue weighted by Crippen LogP contribution is -2.26. The number of thiazole rings is 1. The van der Waals surface area contributed by atoms with Crippen molar-refractivity contribution in [2.75, 3.05) is 0 Å². The Balaban J connectivity index is 2.19. The standard InChI is InChI=1S/C13H14N2O4S2/c1-8-7-14-12(20-8)9(2)15-21(18,19)11-5-3-10(4-6-11)13(16)17/h3-7,9,15H,1-2H3,(H,16,17). The highest BCUT2D eigenvalue weighted by molar-refractivity contribution is 7.89. The number of nitrogens with zero attached hydrogens (tertiary/aromatic N) is 1. The summed E-state index contributed by atoms with van der Waals surface area (Å²) in [6.07, 6.45) is 1.69. The highest BCUT2D eigenvalue weighted by Crippen LogP contribution is 2.21. The minimum atomic E-state index is -3.72. The van der Waals surface area contributed by atoms with Crippen LogP contribution in [0.3, 0.4) is 0 Å². The van der Waals surface area contributed by atoms with Gasteiger partial charge in [-0.15, -0.1) is 11.3 Å². The number of rotatable bonds is 5. The van der Waals surface area contributed by atoms with E-state index in [1.54, 1.807) is 13.1 Å². The van der Waals surface area contributed by atoms with E-state index in [2.05, 4.69) is 9.71 Å². The van der Waals surface area contributed by atoms with Gasteiger partial charge in [-0.25, -0.2) is 22.9 Å². The summed E-state index contributed by atoms with van der Waals surface area (Å²) in [7, 11) is -3.72. The lowest BCUT2D eigenvalue weighted by Gasteiger charge is -2.12. The Morgan fingerprint density at radius 3 is 2.43 bits per heavy atom. The Morgan fingerprint density at radius 1 is 1.33 bits per heavy atom. The molecule has 1 unspecified atom stereocenters. The molecule has 0 fully saturated rings. The fraction of sp³-hybridized carbons (Fsp3) is 0.231. The minimum absolute atomic E-state index is 0.0210. The Morgan fingerprint density at radius 2 is 1.95 bits per heavy atom. The van der Waals surface area contributed by atoms with Gasteiger partial charge < -0.3 is 5.11 Å². The number of nitrogens with one attached hydrogen (secondary N) is 1. The molecule has 112 valence electrons. The van der Waals surface area contributed by atoms with Crippen LogP contribution in [-0.4, -0.2) is 24.5 Å². The van der Waals surface area contributed by atoms with E-state index < -0.39 is 22.0 Å². The van der Waals surface area contributed by atoms with Crippen molar-refractivity contribution in [3.05, 3.63) is 45.9 Å². The Hall–Kier alpha value is -1.77. The van der Waals surface area contributed by atoms with Gasteiger partial charge in [-0.3, -0.25) is 0 Å². The molecule has 0 aliphatic carbocycles. The molecule has 6 nitrogen and oxygen atoms in total. The predicted octanol–water partition coefficient (Wildman–Crippen LogP) is 2.19. The van der Waals surface area contributed by atoms with Gasteiger partial charge in [0.2, 0.25) is 10.0 Å². The Kier molecular flexibility index (Phi) is 4.40. The van der Waals surface area contributed by atoms with E-state index in [9.17, 15) is 13.2 Å². The number of hydrogen-bond donors (Lipinski definition) is 2. The molecule has 21 heavy (non-hydrogen) atoms. The second-order valence-corrected chi connectivity index (χ2v) is 7.46. The lowest BCUT2D eigenvalue weighted by molar-refractivity contribution is 0.0696. The third-order valence-electron chi connectivity index (χ3n) is 2.75. The van der Waals surface area contributed by atoms with Gasteiger partial charge in [0.25, 0.3) is 0 Å². The largest absolute Gasteiger partial charge is 0.478 e. The summed E-state index contributed by atoms with van der Waals surface area (Å²) in [5, 5.41) is 9.48. The maximum absolute atomic E-state index is 12.2. The van der Waals surface area contributed by atoms with Crippen LogP contribution in [0, 0.1) is 6.92 Å². The number of aryl methyl sites for hydroxylation is 1. The summed E-state index contributed by atoms with van der Waals surface area (Å²) < 4.78 is 27.0. The van der Waals surface area contributed by atoms with E-state index in [4.69, 9.17) is 5.11 Å². The lowest BCUT2D eigenvalue weighted by atomic mass is 10.2. The molecule has 1 atom stereocenters. The summed E-state index contributed by atoms with van der Waals surface area (Å²) in [4.78, 5) is 15.9. The second-order valence-electron chi connectivity index (χ2n) is 4.48. The first-order valence-electron chi connectivity index (χ1n) is 6.07. The molecule has 0 spiro atoms. The third kappa shape index (κ3) is 3.66. The average Bonchev–Trinajstić information content (AvgIpc) is 2.85. The highest BCUT2D eigenvalue weighted by Gasteiger charge is 2.20. The smallest absolute Gasteiger partial charge is 0.335 e. The number of aromatic nitrogens is 1. The van der Waals surface area contributed by atoms with Gasteiger partial charge in [-0.05, 0) is 38.1 Å². The number of sulfonamides is 1. The molecule has 0 amide bonds. The SMILES string of the molecule is Cc1cnc(C(C)NS(=O)(=O)c2ccc(C(=O)O)cc2)s1. The van der Waals surface area contributed by atoms with Gasteiger partial charge in [-0.1, -0.05) is 0 Å². The van der Waals surface area contributed by atoms with Crippen LogP contribution >= 0.6 is 11.3 Å². The van der Waals surface area contributed by atoms with Crippen molar-refractivity contribution in [3.8, 4) is 0 Å². The van der Waals surface area contributed by atoms with Gasteiger partial charge in [0.15, 0.2) is 0 Å². The molecule has 1 heterocycles. The molecule has 0 saturated heterocycles. The van der Waals surface area contributed by atoms with E-state index in [1.165, 1.54) is 35.6 Å². The molecule has 0 aliphatic heterocycles. The van der Waals surface area contributed by atoms with Crippen LogP contribution in [0.5, 0.6) is 0 Å². The first-order chi connectivity index (χ1) is 9.79. The van der Waals surface area contributed by atoms with Gasteiger partial charge in [0, 0.05) is 11.1 Å². The van der Waals surface area contributed by atoms with Crippen LogP contribution in [-0.2, 0) is 10.0 Å². The Bertz CT molecular complexity index is 751. The van der Waals surface area contributed by atoms with Gasteiger partial charge in [0.1, 0.15) is 5.01 Å². The van der Waals surface area contributed by atoms with Crippen LogP contribution in [0.1, 0.15) is 33.2 Å². The van der Waals surface area contributed by atoms with Gasteiger partial charge in [-0.2, -0.15) is 0 Å². The third-order valence-corrected chi connectivity index (χ3v) is 5.41. The fourth-order valence-corrected chi connectivity index (χ4v) is 3.76. The topological polar surface area (TPSA) is 96.4 Å². The van der Waals surface area contributed by atoms with Crippen LogP contribution in [0.4, 0.5) is 0 Å². The number of carbonyl (C=O) groups is 1. The predicted molar refractivity (Wildman–Crippen MR) is 79.0 cm³/mol. The molecule has 2 rings (SSSR count). The molecule has 2 aromatic rings. The summed E-state index contributed by atoms with van der Waals surface area (Å²) in [6.45, 7) is 3.61. The zero-order chi connectivity index (χ0) is 15.6. The summed E-state index contributed by atoms with van der Waals surface area (Å²) in [5.74, 6) is -1.10. The van der Waals surface area contributed by atoms with E-state index >= 15 is 0 Å². The summed E-state index contributed by atoms with van der Waals surface area (Å²) in [5.41, 5.74) is 0.0394. The second kappa shape index (κ2) is 5.92. The fourth-order valence-electron chi connectivity index (χ4n) is 1.70. The maximum atomic E-state index is 12.2. The van der Waals surface area contributed by atoms with Crippen LogP contribution in [0.15, 0.2) is 35.4 Å². The van der Waals surface area contributed by atoms with E-state index in [0.29, 0.717) is 5.01 Å². The molecule has 0 saturated carbocycles. The van der Waals surface area contributed by atoms with Crippen molar-refractivity contribution in [3.63, 3.8) is 0 Å². The average molecular weight is 326 g/mol. The summed E-state index contributed by atoms with van der Waals surface area (Å²) in [6, 6.07) is 4.61. The molecular formula is C13H14N2O4S2. The quantitative estimate of drug-likeness (QED) is 0.878. The van der Waals surface area contributed by atoms with Crippen LogP contribution in [0.25, 0.3) is 0 Å². The number of benzene rings is 1. The van der Waals surface area contributed by atoms with E-state index in [-0.39, 0.29) is 10.5 Å². The molecule has 8 heteroatoms. The zero-order valence-corrected chi connectivity index (χ0v) is 13.0. The van der Waals surface area contributed by atoms with E-state index in [0.717, 1.165) is 4.88 Å². The molecule has 1 aromatic heterocycles. The van der Waals surface area contributed by atoms with Crippen molar-refractivity contribution in [1.82, 2.24) is 9.71 Å². The van der Waals surface area contributed by atoms with Crippen molar-refractivity contribution in [1.29, 1.82) is 0 Å². The molecule has 1 aromatic carbocycles. The maximum Gasteiger partial charge on any atom is 0.335 e. The van der Waals surface area contributed by atoms with Gasteiger partial charge in [0.05, 0.1) is 16.5 Å². The monoisotopic (exact) mass is 326 g/mol. The summed E-state index contributed by atoms with van der Waals surface area (Å²) >= 11 is 1.42. The molecule has 0 bridgehead atoms. The van der Waals surface area contributed by atoms with Crippen molar-refractivity contribution < 1.29 is 18.3 Å². The molecule has 0 aliphatic rings. The minimum Gasteiger partial charge on any atom is -0.478 e. The zero-order valence-electron chi connectivity index (χ0n) is 11.4. The van der Waals surface area contributed by atoms with Crippen LogP contribution < -0.4 is 4.72 Å². The first-order valence-corrected chi connectivity index (χ1v) is 8.37. The van der Waals surface area contributed by atoms with Gasteiger partial charge >= 0.3 is 5.97 Å². The number of hydrogen-bond acceptors (Lipinski definition) is 5. The molecule has 2 N–H and O–H groups in total. The Labute approximate surface area is 126 Å². The van der Waals surface area contributed by atoms with Crippen LogP contribution in [0.2, 0.25) is 0 Å². The first kappa shape index (κ1) is 15.6. The van der Waals surface area contributed by atoms with Crippen molar-refractivity contribution in [2.45, 2.75) is 24.8 Å². The van der Waals surface area contributed by atoms with Crippen molar-refractivity contribution >= 4 is 27.3 Å². The molecular weight excluding hydrogens is 312 g/mol. The highest BCUT2D eigenvalue weighted by atomic mass is 32.2. The number of aromatic carboxylic acids is 1. The number of carboxylic acids is 1. The van der Waals surface area contributed by atoms with E-state index in [1.807, 2.05) is 6.92 Å². The number of carboxylic acid groups (broad SMARTS) is 1. The normalized spacial score (nSPS) is 13.0.